The van der Waals surface area contributed by atoms with Crippen LogP contribution in [0.1, 0.15) is 17.5 Å². The molecule has 1 aromatic carbocycles. The molecule has 1 atom stereocenters. The maximum Gasteiger partial charge on any atom is 0.226 e. The van der Waals surface area contributed by atoms with Crippen LogP contribution in [0.25, 0.3) is 0 Å². The van der Waals surface area contributed by atoms with Crippen LogP contribution < -0.4 is 4.90 Å². The summed E-state index contributed by atoms with van der Waals surface area (Å²) in [5.41, 5.74) is 0.543. The third-order valence-corrected chi connectivity index (χ3v) is 4.77. The van der Waals surface area contributed by atoms with E-state index in [1.54, 1.807) is 38.5 Å². The Labute approximate surface area is 152 Å². The molecule has 1 N–H and O–H groups in total. The summed E-state index contributed by atoms with van der Waals surface area (Å²) >= 11 is 0. The van der Waals surface area contributed by atoms with E-state index >= 15 is 0 Å². The van der Waals surface area contributed by atoms with Crippen molar-refractivity contribution < 1.29 is 14.3 Å². The Morgan fingerprint density at radius 2 is 2.12 bits per heavy atom. The number of nitrogens with zero attached hydrogens (tertiary/aromatic N) is 4. The number of aryl methyl sites for hydroxylation is 1. The minimum atomic E-state index is -0.999. The van der Waals surface area contributed by atoms with Gasteiger partial charge in [-0.05, 0) is 42.7 Å². The first-order chi connectivity index (χ1) is 12.4. The molecule has 7 heteroatoms. The van der Waals surface area contributed by atoms with Crippen LogP contribution in [0.3, 0.4) is 0 Å². The average Bonchev–Trinajstić information content (AvgIpc) is 3.00. The molecular formula is C19H23FN4O2. The Morgan fingerprint density at radius 3 is 2.81 bits per heavy atom. The number of carbonyl (C=O) groups is 1. The van der Waals surface area contributed by atoms with Gasteiger partial charge in [0.15, 0.2) is 0 Å². The quantitative estimate of drug-likeness (QED) is 0.879. The Morgan fingerprint density at radius 1 is 1.38 bits per heavy atom. The third kappa shape index (κ3) is 4.16. The number of halogens is 1. The summed E-state index contributed by atoms with van der Waals surface area (Å²) in [6, 6.07) is 6.16. The highest BCUT2D eigenvalue weighted by molar-refractivity contribution is 5.79. The maximum absolute atomic E-state index is 13.2. The largest absolute Gasteiger partial charge is 0.386 e. The van der Waals surface area contributed by atoms with Crippen LogP contribution in [0.2, 0.25) is 0 Å². The Hall–Kier alpha value is -2.54. The van der Waals surface area contributed by atoms with Gasteiger partial charge in [0.05, 0.1) is 19.5 Å². The smallest absolute Gasteiger partial charge is 0.226 e. The lowest BCUT2D eigenvalue weighted by Gasteiger charge is -2.29. The lowest BCUT2D eigenvalue weighted by Crippen LogP contribution is -2.46. The number of rotatable bonds is 5. The first kappa shape index (κ1) is 18.3. The second kappa shape index (κ2) is 7.37. The zero-order valence-corrected chi connectivity index (χ0v) is 15.0. The number of aromatic nitrogens is 2. The Bertz CT molecular complexity index is 786. The monoisotopic (exact) mass is 358 g/mol. The van der Waals surface area contributed by atoms with Gasteiger partial charge in [-0.15, -0.1) is 0 Å². The van der Waals surface area contributed by atoms with E-state index in [9.17, 15) is 14.3 Å². The molecule has 2 aromatic rings. The molecule has 1 aliphatic rings. The minimum absolute atomic E-state index is 0.109. The summed E-state index contributed by atoms with van der Waals surface area (Å²) in [5.74, 6) is 0.164. The van der Waals surface area contributed by atoms with Crippen LogP contribution in [-0.4, -0.2) is 58.2 Å². The number of likely N-dealkylation sites (N-methyl/N-ethyl adjacent to an activating group) is 1. The van der Waals surface area contributed by atoms with Gasteiger partial charge in [0.2, 0.25) is 11.9 Å². The maximum atomic E-state index is 13.2. The summed E-state index contributed by atoms with van der Waals surface area (Å²) in [6.07, 6.45) is 4.06. The number of anilines is 1. The van der Waals surface area contributed by atoms with Gasteiger partial charge in [0.1, 0.15) is 11.4 Å². The number of carbonyl (C=O) groups excluding carboxylic acids is 1. The summed E-state index contributed by atoms with van der Waals surface area (Å²) in [5, 5.41) is 10.9. The lowest BCUT2D eigenvalue weighted by atomic mass is 10.0. The highest BCUT2D eigenvalue weighted by Crippen LogP contribution is 2.25. The zero-order valence-electron chi connectivity index (χ0n) is 15.0. The number of benzene rings is 1. The van der Waals surface area contributed by atoms with E-state index in [4.69, 9.17) is 0 Å². The standard InChI is InChI=1S/C19H23FN4O2/c1-14-10-16(20)5-4-15(14)11-17(25)23(2)12-19(26)6-9-24(13-19)18-21-7-3-8-22-18/h3-5,7-8,10,26H,6,9,11-13H2,1-2H3. The lowest BCUT2D eigenvalue weighted by molar-refractivity contribution is -0.132. The zero-order chi connectivity index (χ0) is 18.7. The predicted octanol–water partition coefficient (Wildman–Crippen LogP) is 1.57. The molecule has 26 heavy (non-hydrogen) atoms. The molecule has 0 saturated carbocycles. The van der Waals surface area contributed by atoms with Crippen molar-refractivity contribution in [3.05, 3.63) is 53.6 Å². The second-order valence-electron chi connectivity index (χ2n) is 6.94. The van der Waals surface area contributed by atoms with E-state index in [-0.39, 0.29) is 24.7 Å². The molecule has 2 heterocycles. The van der Waals surface area contributed by atoms with Gasteiger partial charge >= 0.3 is 0 Å². The van der Waals surface area contributed by atoms with E-state index in [0.29, 0.717) is 25.5 Å². The van der Waals surface area contributed by atoms with Gasteiger partial charge in [-0.1, -0.05) is 6.07 Å². The predicted molar refractivity (Wildman–Crippen MR) is 96.3 cm³/mol. The van der Waals surface area contributed by atoms with Gasteiger partial charge in [-0.3, -0.25) is 4.79 Å². The Balaban J connectivity index is 1.60. The molecule has 1 aromatic heterocycles. The molecule has 1 aliphatic heterocycles. The van der Waals surface area contributed by atoms with Crippen molar-refractivity contribution >= 4 is 11.9 Å². The molecule has 0 aliphatic carbocycles. The highest BCUT2D eigenvalue weighted by Gasteiger charge is 2.38. The van der Waals surface area contributed by atoms with Crippen LogP contribution in [-0.2, 0) is 11.2 Å². The van der Waals surface area contributed by atoms with Gasteiger partial charge in [-0.2, -0.15) is 0 Å². The summed E-state index contributed by atoms with van der Waals surface area (Å²) in [7, 11) is 1.68. The van der Waals surface area contributed by atoms with E-state index < -0.39 is 5.60 Å². The van der Waals surface area contributed by atoms with Crippen molar-refractivity contribution in [2.75, 3.05) is 31.6 Å². The minimum Gasteiger partial charge on any atom is -0.386 e. The van der Waals surface area contributed by atoms with E-state index in [0.717, 1.165) is 11.1 Å². The van der Waals surface area contributed by atoms with Crippen molar-refractivity contribution in [1.82, 2.24) is 14.9 Å². The van der Waals surface area contributed by atoms with Crippen molar-refractivity contribution in [3.8, 4) is 0 Å². The number of amides is 1. The van der Waals surface area contributed by atoms with Crippen LogP contribution in [0.5, 0.6) is 0 Å². The van der Waals surface area contributed by atoms with Crippen molar-refractivity contribution in [3.63, 3.8) is 0 Å². The van der Waals surface area contributed by atoms with Crippen molar-refractivity contribution in [1.29, 1.82) is 0 Å². The summed E-state index contributed by atoms with van der Waals surface area (Å²) < 4.78 is 13.2. The van der Waals surface area contributed by atoms with E-state index in [1.807, 2.05) is 4.90 Å². The molecule has 1 unspecified atom stereocenters. The fourth-order valence-electron chi connectivity index (χ4n) is 3.30. The average molecular weight is 358 g/mol. The Kier molecular flexibility index (Phi) is 5.18. The molecular weight excluding hydrogens is 335 g/mol. The topological polar surface area (TPSA) is 69.6 Å². The second-order valence-corrected chi connectivity index (χ2v) is 6.94. The van der Waals surface area contributed by atoms with Gasteiger partial charge in [-0.25, -0.2) is 14.4 Å². The molecule has 3 rings (SSSR count). The molecule has 1 fully saturated rings. The normalized spacial score (nSPS) is 19.6. The van der Waals surface area contributed by atoms with Gasteiger partial charge < -0.3 is 14.9 Å². The summed E-state index contributed by atoms with van der Waals surface area (Å²) in [4.78, 5) is 24.4. The molecule has 1 amide bonds. The first-order valence-electron chi connectivity index (χ1n) is 8.60. The van der Waals surface area contributed by atoms with Crippen LogP contribution in [0, 0.1) is 12.7 Å². The van der Waals surface area contributed by atoms with Gasteiger partial charge in [0, 0.05) is 26.0 Å². The fraction of sp³-hybridized carbons (Fsp3) is 0.421. The van der Waals surface area contributed by atoms with Crippen LogP contribution >= 0.6 is 0 Å². The number of aliphatic hydroxyl groups is 1. The van der Waals surface area contributed by atoms with Crippen LogP contribution in [0.15, 0.2) is 36.7 Å². The molecule has 138 valence electrons. The molecule has 0 radical (unpaired) electrons. The first-order valence-corrected chi connectivity index (χ1v) is 8.60. The summed E-state index contributed by atoms with van der Waals surface area (Å²) in [6.45, 7) is 3.03. The SMILES string of the molecule is Cc1cc(F)ccc1CC(=O)N(C)CC1(O)CCN(c2ncccn2)C1. The van der Waals surface area contributed by atoms with Crippen LogP contribution in [0.4, 0.5) is 10.3 Å². The molecule has 1 saturated heterocycles. The molecule has 6 nitrogen and oxygen atoms in total. The number of β-amino-alcohol motifs (C(OH)–C–C–N with tert-alkyl or cyclic N) is 1. The van der Waals surface area contributed by atoms with Gasteiger partial charge in [0.25, 0.3) is 0 Å². The molecule has 0 bridgehead atoms. The van der Waals surface area contributed by atoms with Crippen molar-refractivity contribution in [2.24, 2.45) is 0 Å². The molecule has 0 spiro atoms. The highest BCUT2D eigenvalue weighted by atomic mass is 19.1. The fourth-order valence-corrected chi connectivity index (χ4v) is 3.30. The number of hydrogen-bond donors (Lipinski definition) is 1. The van der Waals surface area contributed by atoms with E-state index in [1.165, 1.54) is 17.0 Å². The van der Waals surface area contributed by atoms with E-state index in [2.05, 4.69) is 9.97 Å². The third-order valence-electron chi connectivity index (χ3n) is 4.77. The number of hydrogen-bond acceptors (Lipinski definition) is 5. The van der Waals surface area contributed by atoms with Crippen molar-refractivity contribution in [2.45, 2.75) is 25.4 Å².